The van der Waals surface area contributed by atoms with E-state index in [1.165, 1.54) is 0 Å². The highest BCUT2D eigenvalue weighted by Crippen LogP contribution is 2.22. The van der Waals surface area contributed by atoms with E-state index in [0.717, 1.165) is 17.1 Å². The average Bonchev–Trinajstić information content (AvgIpc) is 2.39. The van der Waals surface area contributed by atoms with Crippen molar-refractivity contribution in [3.8, 4) is 0 Å². The van der Waals surface area contributed by atoms with Crippen LogP contribution in [0.15, 0.2) is 48.7 Å². The summed E-state index contributed by atoms with van der Waals surface area (Å²) in [6.45, 7) is 1.73. The van der Waals surface area contributed by atoms with Gasteiger partial charge < -0.3 is 10.0 Å². The first-order valence-corrected chi connectivity index (χ1v) is 5.61. The van der Waals surface area contributed by atoms with E-state index in [4.69, 9.17) is 0 Å². The molecule has 2 aromatic rings. The summed E-state index contributed by atoms with van der Waals surface area (Å²) in [6.07, 6.45) is 1.23. The van der Waals surface area contributed by atoms with Gasteiger partial charge in [0.2, 0.25) is 0 Å². The van der Waals surface area contributed by atoms with Gasteiger partial charge in [0.15, 0.2) is 0 Å². The van der Waals surface area contributed by atoms with Gasteiger partial charge in [-0.05, 0) is 30.7 Å². The molecule has 1 N–H and O–H groups in total. The molecule has 2 rings (SSSR count). The molecule has 1 heterocycles. The molecule has 3 heteroatoms. The minimum absolute atomic E-state index is 0.474. The second-order valence-electron chi connectivity index (χ2n) is 4.02. The number of anilines is 2. The van der Waals surface area contributed by atoms with Crippen LogP contribution in [0.5, 0.6) is 0 Å². The van der Waals surface area contributed by atoms with Crippen LogP contribution in [0, 0.1) is 0 Å². The quantitative estimate of drug-likeness (QED) is 0.877. The molecule has 0 bridgehead atoms. The summed E-state index contributed by atoms with van der Waals surface area (Å²) in [5.74, 6) is 0.862. The highest BCUT2D eigenvalue weighted by Gasteiger charge is 2.06. The van der Waals surface area contributed by atoms with Gasteiger partial charge in [-0.15, -0.1) is 0 Å². The minimum atomic E-state index is -0.474. The topological polar surface area (TPSA) is 36.4 Å². The van der Waals surface area contributed by atoms with Crippen molar-refractivity contribution >= 4 is 11.5 Å². The Hall–Kier alpha value is -1.87. The Morgan fingerprint density at radius 2 is 1.82 bits per heavy atom. The van der Waals surface area contributed by atoms with Crippen molar-refractivity contribution in [1.29, 1.82) is 0 Å². The maximum atomic E-state index is 9.42. The second-order valence-corrected chi connectivity index (χ2v) is 4.02. The van der Waals surface area contributed by atoms with Gasteiger partial charge in [0.25, 0.3) is 0 Å². The predicted molar refractivity (Wildman–Crippen MR) is 69.4 cm³/mol. The van der Waals surface area contributed by atoms with Gasteiger partial charge in [-0.25, -0.2) is 4.98 Å². The molecule has 0 fully saturated rings. The highest BCUT2D eigenvalue weighted by molar-refractivity contribution is 5.58. The van der Waals surface area contributed by atoms with Crippen molar-refractivity contribution in [2.75, 3.05) is 11.9 Å². The number of benzene rings is 1. The SMILES string of the molecule is C[C@H](O)c1ccc(N(C)c2ccccc2)nc1. The number of rotatable bonds is 3. The summed E-state index contributed by atoms with van der Waals surface area (Å²) in [4.78, 5) is 6.35. The molecule has 0 aliphatic heterocycles. The zero-order chi connectivity index (χ0) is 12.3. The van der Waals surface area contributed by atoms with Crippen LogP contribution >= 0.6 is 0 Å². The molecule has 0 aliphatic rings. The van der Waals surface area contributed by atoms with Gasteiger partial charge in [-0.1, -0.05) is 24.3 Å². The maximum Gasteiger partial charge on any atom is 0.132 e. The molecule has 17 heavy (non-hydrogen) atoms. The van der Waals surface area contributed by atoms with Crippen LogP contribution in [-0.4, -0.2) is 17.1 Å². The Kier molecular flexibility index (Phi) is 3.40. The largest absolute Gasteiger partial charge is 0.389 e. The molecule has 0 amide bonds. The highest BCUT2D eigenvalue weighted by atomic mass is 16.3. The lowest BCUT2D eigenvalue weighted by molar-refractivity contribution is 0.199. The third-order valence-electron chi connectivity index (χ3n) is 2.74. The van der Waals surface area contributed by atoms with Crippen LogP contribution in [0.3, 0.4) is 0 Å². The number of nitrogens with zero attached hydrogens (tertiary/aromatic N) is 2. The summed E-state index contributed by atoms with van der Waals surface area (Å²) in [5, 5.41) is 9.42. The normalized spacial score (nSPS) is 12.2. The lowest BCUT2D eigenvalue weighted by Gasteiger charge is -2.18. The minimum Gasteiger partial charge on any atom is -0.389 e. The van der Waals surface area contributed by atoms with E-state index in [1.54, 1.807) is 13.1 Å². The number of aliphatic hydroxyl groups is 1. The van der Waals surface area contributed by atoms with Gasteiger partial charge >= 0.3 is 0 Å². The van der Waals surface area contributed by atoms with Crippen molar-refractivity contribution in [3.05, 3.63) is 54.2 Å². The van der Waals surface area contributed by atoms with Crippen LogP contribution in [-0.2, 0) is 0 Å². The van der Waals surface area contributed by atoms with Gasteiger partial charge in [0.05, 0.1) is 6.10 Å². The summed E-state index contributed by atoms with van der Waals surface area (Å²) in [6, 6.07) is 13.9. The molecule has 1 aromatic heterocycles. The van der Waals surface area contributed by atoms with E-state index < -0.39 is 6.10 Å². The molecule has 88 valence electrons. The van der Waals surface area contributed by atoms with Crippen LogP contribution < -0.4 is 4.90 Å². The van der Waals surface area contributed by atoms with Gasteiger partial charge in [-0.2, -0.15) is 0 Å². The smallest absolute Gasteiger partial charge is 0.132 e. The van der Waals surface area contributed by atoms with Crippen LogP contribution in [0.25, 0.3) is 0 Å². The van der Waals surface area contributed by atoms with Gasteiger partial charge in [-0.3, -0.25) is 0 Å². The average molecular weight is 228 g/mol. The zero-order valence-electron chi connectivity index (χ0n) is 10.0. The molecular weight excluding hydrogens is 212 g/mol. The standard InChI is InChI=1S/C14H16N2O/c1-11(17)12-8-9-14(15-10-12)16(2)13-6-4-3-5-7-13/h3-11,17H,1-2H3/t11-/m0/s1. The summed E-state index contributed by atoms with van der Waals surface area (Å²) in [7, 11) is 1.97. The van der Waals surface area contributed by atoms with Crippen molar-refractivity contribution < 1.29 is 5.11 Å². The van der Waals surface area contributed by atoms with E-state index in [-0.39, 0.29) is 0 Å². The molecule has 0 saturated carbocycles. The van der Waals surface area contributed by atoms with Crippen LogP contribution in [0.1, 0.15) is 18.6 Å². The maximum absolute atomic E-state index is 9.42. The fourth-order valence-electron chi connectivity index (χ4n) is 1.63. The number of pyridine rings is 1. The molecule has 1 atom stereocenters. The van der Waals surface area contributed by atoms with Gasteiger partial charge in [0, 0.05) is 18.9 Å². The van der Waals surface area contributed by atoms with E-state index in [1.807, 2.05) is 54.4 Å². The number of aliphatic hydroxyl groups excluding tert-OH is 1. The fraction of sp³-hybridized carbons (Fsp3) is 0.214. The molecule has 0 spiro atoms. The molecule has 3 nitrogen and oxygen atoms in total. The number of hydrogen-bond acceptors (Lipinski definition) is 3. The molecule has 0 aliphatic carbocycles. The number of para-hydroxylation sites is 1. The Morgan fingerprint density at radius 3 is 2.35 bits per heavy atom. The molecule has 1 aromatic carbocycles. The Labute approximate surface area is 101 Å². The Morgan fingerprint density at radius 1 is 1.12 bits per heavy atom. The Balaban J connectivity index is 2.23. The van der Waals surface area contributed by atoms with E-state index >= 15 is 0 Å². The third-order valence-corrected chi connectivity index (χ3v) is 2.74. The van der Waals surface area contributed by atoms with Gasteiger partial charge in [0.1, 0.15) is 5.82 Å². The predicted octanol–water partition coefficient (Wildman–Crippen LogP) is 2.90. The molecular formula is C14H16N2O. The molecule has 0 saturated heterocycles. The van der Waals surface area contributed by atoms with Crippen LogP contribution in [0.4, 0.5) is 11.5 Å². The van der Waals surface area contributed by atoms with E-state index in [2.05, 4.69) is 4.98 Å². The van der Waals surface area contributed by atoms with Crippen molar-refractivity contribution in [2.45, 2.75) is 13.0 Å². The molecule has 0 radical (unpaired) electrons. The first kappa shape index (κ1) is 11.6. The van der Waals surface area contributed by atoms with Crippen molar-refractivity contribution in [2.24, 2.45) is 0 Å². The summed E-state index contributed by atoms with van der Waals surface area (Å²) >= 11 is 0. The second kappa shape index (κ2) is 4.97. The first-order valence-electron chi connectivity index (χ1n) is 5.61. The van der Waals surface area contributed by atoms with Crippen molar-refractivity contribution in [1.82, 2.24) is 4.98 Å². The monoisotopic (exact) mass is 228 g/mol. The Bertz CT molecular complexity index is 465. The van der Waals surface area contributed by atoms with E-state index in [9.17, 15) is 5.11 Å². The lowest BCUT2D eigenvalue weighted by Crippen LogP contribution is -2.11. The summed E-state index contributed by atoms with van der Waals surface area (Å²) < 4.78 is 0. The van der Waals surface area contributed by atoms with E-state index in [0.29, 0.717) is 0 Å². The zero-order valence-corrected chi connectivity index (χ0v) is 10.0. The number of aromatic nitrogens is 1. The number of hydrogen-bond donors (Lipinski definition) is 1. The summed E-state index contributed by atoms with van der Waals surface area (Å²) in [5.41, 5.74) is 1.92. The third kappa shape index (κ3) is 2.63. The molecule has 0 unspecified atom stereocenters. The first-order chi connectivity index (χ1) is 8.18. The lowest BCUT2D eigenvalue weighted by atomic mass is 10.2. The fourth-order valence-corrected chi connectivity index (χ4v) is 1.63. The van der Waals surface area contributed by atoms with Crippen LogP contribution in [0.2, 0.25) is 0 Å². The van der Waals surface area contributed by atoms with Crippen molar-refractivity contribution in [3.63, 3.8) is 0 Å².